The maximum Gasteiger partial charge on any atom is 0.407 e. The highest BCUT2D eigenvalue weighted by atomic mass is 127. The number of hydrogen-bond donors (Lipinski definition) is 2. The second kappa shape index (κ2) is 3.93. The van der Waals surface area contributed by atoms with Crippen molar-refractivity contribution in [3.8, 4) is 5.75 Å². The van der Waals surface area contributed by atoms with E-state index in [2.05, 4.69) is 0 Å². The van der Waals surface area contributed by atoms with E-state index in [9.17, 15) is 18.3 Å². The van der Waals surface area contributed by atoms with Crippen LogP contribution in [0.25, 0.3) is 0 Å². The Labute approximate surface area is 92.1 Å². The molecule has 6 heteroatoms. The van der Waals surface area contributed by atoms with E-state index in [1.54, 1.807) is 0 Å². The van der Waals surface area contributed by atoms with Gasteiger partial charge in [-0.05, 0) is 40.8 Å². The van der Waals surface area contributed by atoms with Gasteiger partial charge in [0.15, 0.2) is 0 Å². The van der Waals surface area contributed by atoms with Crippen molar-refractivity contribution in [2.45, 2.75) is 12.2 Å². The van der Waals surface area contributed by atoms with E-state index in [1.807, 2.05) is 22.6 Å². The quantitative estimate of drug-likeness (QED) is 0.782. The molecule has 1 rings (SSSR count). The van der Waals surface area contributed by atoms with Gasteiger partial charge in [-0.1, -0.05) is 0 Å². The number of nitrogens with two attached hydrogens (primary N) is 1. The van der Waals surface area contributed by atoms with Gasteiger partial charge >= 0.3 is 6.18 Å². The van der Waals surface area contributed by atoms with Crippen LogP contribution in [0.3, 0.4) is 0 Å². The zero-order valence-corrected chi connectivity index (χ0v) is 9.00. The predicted molar refractivity (Wildman–Crippen MR) is 53.8 cm³/mol. The Kier molecular flexibility index (Phi) is 3.25. The van der Waals surface area contributed by atoms with Crippen LogP contribution in [-0.4, -0.2) is 11.3 Å². The van der Waals surface area contributed by atoms with Gasteiger partial charge in [0.1, 0.15) is 11.8 Å². The van der Waals surface area contributed by atoms with Crippen molar-refractivity contribution in [2.24, 2.45) is 5.73 Å². The number of hydrogen-bond acceptors (Lipinski definition) is 2. The van der Waals surface area contributed by atoms with Crippen molar-refractivity contribution >= 4 is 22.6 Å². The second-order valence-corrected chi connectivity index (χ2v) is 3.97. The van der Waals surface area contributed by atoms with Crippen LogP contribution in [0.5, 0.6) is 5.75 Å². The lowest BCUT2D eigenvalue weighted by atomic mass is 10.1. The minimum atomic E-state index is -4.54. The standard InChI is InChI=1S/C8H7F3INO/c9-8(10,11)7(13)5-3-4(12)1-2-6(5)14/h1-3,7,14H,13H2/t7-/m1/s1. The zero-order chi connectivity index (χ0) is 10.9. The molecule has 1 aromatic rings. The van der Waals surface area contributed by atoms with E-state index in [0.29, 0.717) is 3.57 Å². The SMILES string of the molecule is N[C@H](c1cc(I)ccc1O)C(F)(F)F. The molecule has 0 bridgehead atoms. The molecular weight excluding hydrogens is 310 g/mol. The maximum absolute atomic E-state index is 12.2. The predicted octanol–water partition coefficient (Wildman–Crippen LogP) is 2.56. The summed E-state index contributed by atoms with van der Waals surface area (Å²) in [6, 6.07) is 1.77. The van der Waals surface area contributed by atoms with E-state index in [1.165, 1.54) is 18.2 Å². The van der Waals surface area contributed by atoms with E-state index >= 15 is 0 Å². The summed E-state index contributed by atoms with van der Waals surface area (Å²) in [5.74, 6) is -0.435. The molecule has 0 radical (unpaired) electrons. The fourth-order valence-corrected chi connectivity index (χ4v) is 1.47. The Morgan fingerprint density at radius 1 is 1.36 bits per heavy atom. The number of phenols is 1. The highest BCUT2D eigenvalue weighted by Crippen LogP contribution is 2.35. The molecule has 0 aliphatic carbocycles. The fourth-order valence-electron chi connectivity index (χ4n) is 0.951. The molecule has 0 heterocycles. The summed E-state index contributed by atoms with van der Waals surface area (Å²) in [4.78, 5) is 0. The van der Waals surface area contributed by atoms with Crippen molar-refractivity contribution in [2.75, 3.05) is 0 Å². The minimum absolute atomic E-state index is 0.301. The van der Waals surface area contributed by atoms with Gasteiger partial charge in [-0.3, -0.25) is 0 Å². The number of halogens is 4. The lowest BCUT2D eigenvalue weighted by Crippen LogP contribution is -2.28. The molecule has 0 spiro atoms. The first-order valence-electron chi connectivity index (χ1n) is 3.63. The average molecular weight is 317 g/mol. The number of benzene rings is 1. The Morgan fingerprint density at radius 3 is 2.43 bits per heavy atom. The molecule has 0 saturated carbocycles. The van der Waals surface area contributed by atoms with E-state index in [-0.39, 0.29) is 5.56 Å². The smallest absolute Gasteiger partial charge is 0.407 e. The molecule has 14 heavy (non-hydrogen) atoms. The molecule has 0 aliphatic heterocycles. The molecule has 0 aliphatic rings. The molecule has 1 aromatic carbocycles. The van der Waals surface area contributed by atoms with Crippen LogP contribution in [0.1, 0.15) is 11.6 Å². The highest BCUT2D eigenvalue weighted by Gasteiger charge is 2.39. The summed E-state index contributed by atoms with van der Waals surface area (Å²) in [6.07, 6.45) is -4.54. The number of alkyl halides is 3. The third-order valence-corrected chi connectivity index (χ3v) is 2.35. The van der Waals surface area contributed by atoms with Crippen molar-refractivity contribution in [3.63, 3.8) is 0 Å². The molecule has 2 nitrogen and oxygen atoms in total. The minimum Gasteiger partial charge on any atom is -0.508 e. The summed E-state index contributed by atoms with van der Waals surface area (Å²) in [7, 11) is 0. The molecule has 3 N–H and O–H groups in total. The molecule has 78 valence electrons. The Balaban J connectivity index is 3.12. The van der Waals surface area contributed by atoms with Gasteiger partial charge in [-0.25, -0.2) is 0 Å². The Bertz CT molecular complexity index is 340. The summed E-state index contributed by atoms with van der Waals surface area (Å²) in [6.45, 7) is 0. The molecule has 0 fully saturated rings. The molecule has 0 amide bonds. The topological polar surface area (TPSA) is 46.2 Å². The largest absolute Gasteiger partial charge is 0.508 e. The summed E-state index contributed by atoms with van der Waals surface area (Å²) in [5, 5.41) is 9.19. The van der Waals surface area contributed by atoms with Crippen LogP contribution < -0.4 is 5.73 Å². The van der Waals surface area contributed by atoms with E-state index in [0.717, 1.165) is 0 Å². The lowest BCUT2D eigenvalue weighted by Gasteiger charge is -2.17. The average Bonchev–Trinajstić information content (AvgIpc) is 2.06. The van der Waals surface area contributed by atoms with Crippen molar-refractivity contribution in [1.82, 2.24) is 0 Å². The van der Waals surface area contributed by atoms with Gasteiger partial charge in [-0.2, -0.15) is 13.2 Å². The third-order valence-electron chi connectivity index (χ3n) is 1.68. The van der Waals surface area contributed by atoms with Gasteiger partial charge in [0.05, 0.1) is 0 Å². The first-order valence-corrected chi connectivity index (χ1v) is 4.71. The molecule has 0 unspecified atom stereocenters. The van der Waals surface area contributed by atoms with Crippen LogP contribution in [-0.2, 0) is 0 Å². The second-order valence-electron chi connectivity index (χ2n) is 2.72. The van der Waals surface area contributed by atoms with Crippen LogP contribution in [0.2, 0.25) is 0 Å². The van der Waals surface area contributed by atoms with E-state index < -0.39 is 18.0 Å². The van der Waals surface area contributed by atoms with Crippen LogP contribution in [0.15, 0.2) is 18.2 Å². The Morgan fingerprint density at radius 2 is 1.93 bits per heavy atom. The maximum atomic E-state index is 12.2. The monoisotopic (exact) mass is 317 g/mol. The molecule has 0 aromatic heterocycles. The first-order chi connectivity index (χ1) is 6.32. The summed E-state index contributed by atoms with van der Waals surface area (Å²) >= 11 is 1.85. The fraction of sp³-hybridized carbons (Fsp3) is 0.250. The third kappa shape index (κ3) is 2.50. The molecular formula is C8H7F3INO. The van der Waals surface area contributed by atoms with Crippen LogP contribution >= 0.6 is 22.6 Å². The van der Waals surface area contributed by atoms with Crippen LogP contribution in [0, 0.1) is 3.57 Å². The number of phenolic OH excluding ortho intramolecular Hbond substituents is 1. The molecule has 1 atom stereocenters. The Hall–Kier alpha value is -0.500. The highest BCUT2D eigenvalue weighted by molar-refractivity contribution is 14.1. The van der Waals surface area contributed by atoms with Gasteiger partial charge in [0.25, 0.3) is 0 Å². The summed E-state index contributed by atoms with van der Waals surface area (Å²) < 4.78 is 37.2. The van der Waals surface area contributed by atoms with E-state index in [4.69, 9.17) is 5.73 Å². The van der Waals surface area contributed by atoms with Crippen molar-refractivity contribution in [3.05, 3.63) is 27.3 Å². The zero-order valence-electron chi connectivity index (χ0n) is 6.85. The van der Waals surface area contributed by atoms with Gasteiger partial charge < -0.3 is 10.8 Å². The first kappa shape index (κ1) is 11.6. The normalized spacial score (nSPS) is 14.1. The van der Waals surface area contributed by atoms with Crippen molar-refractivity contribution in [1.29, 1.82) is 0 Å². The number of rotatable bonds is 1. The lowest BCUT2D eigenvalue weighted by molar-refractivity contribution is -0.149. The summed E-state index contributed by atoms with van der Waals surface area (Å²) in [5.41, 5.74) is 4.65. The van der Waals surface area contributed by atoms with Gasteiger partial charge in [0, 0.05) is 9.13 Å². The van der Waals surface area contributed by atoms with Crippen LogP contribution in [0.4, 0.5) is 13.2 Å². The molecule has 0 saturated heterocycles. The van der Waals surface area contributed by atoms with Crippen molar-refractivity contribution < 1.29 is 18.3 Å². The van der Waals surface area contributed by atoms with Gasteiger partial charge in [0.2, 0.25) is 0 Å². The number of aromatic hydroxyl groups is 1. The van der Waals surface area contributed by atoms with Gasteiger partial charge in [-0.15, -0.1) is 0 Å².